The van der Waals surface area contributed by atoms with Crippen LogP contribution < -0.4 is 9.47 Å². The highest BCUT2D eigenvalue weighted by atomic mass is 16.5. The molecule has 3 rings (SSSR count). The molecule has 0 saturated carbocycles. The van der Waals surface area contributed by atoms with Crippen LogP contribution in [0.25, 0.3) is 16.8 Å². The van der Waals surface area contributed by atoms with E-state index in [-0.39, 0.29) is 5.78 Å². The molecule has 3 aromatic rings. The molecule has 0 saturated heterocycles. The van der Waals surface area contributed by atoms with E-state index in [0.29, 0.717) is 18.8 Å². The standard InChI is InChI=1S/C23H22O4/c1-25-13-14-27-21-9-6-18(7-10-21)23(24)12-4-17-3-5-20-16-22(26-2)11-8-19(20)15-17/h3-12,15-16H,13-14H2,1-2H3/b12-4+. The zero-order valence-electron chi connectivity index (χ0n) is 15.5. The minimum atomic E-state index is -0.0479. The highest BCUT2D eigenvalue weighted by molar-refractivity contribution is 6.07. The van der Waals surface area contributed by atoms with E-state index in [2.05, 4.69) is 0 Å². The van der Waals surface area contributed by atoms with Crippen LogP contribution in [0.4, 0.5) is 0 Å². The number of ether oxygens (including phenoxy) is 3. The first kappa shape index (κ1) is 18.7. The zero-order chi connectivity index (χ0) is 19.1. The van der Waals surface area contributed by atoms with Crippen LogP contribution in [0, 0.1) is 0 Å². The van der Waals surface area contributed by atoms with Crippen molar-refractivity contribution in [2.45, 2.75) is 0 Å². The van der Waals surface area contributed by atoms with Gasteiger partial charge in [-0.1, -0.05) is 24.3 Å². The number of rotatable bonds is 8. The largest absolute Gasteiger partial charge is 0.497 e. The normalized spacial score (nSPS) is 11.0. The summed E-state index contributed by atoms with van der Waals surface area (Å²) in [4.78, 5) is 12.4. The van der Waals surface area contributed by atoms with Gasteiger partial charge >= 0.3 is 0 Å². The Morgan fingerprint density at radius 1 is 0.852 bits per heavy atom. The van der Waals surface area contributed by atoms with Crippen LogP contribution in [0.5, 0.6) is 11.5 Å². The van der Waals surface area contributed by atoms with Crippen LogP contribution in [0.15, 0.2) is 66.7 Å². The van der Waals surface area contributed by atoms with Crippen molar-refractivity contribution >= 4 is 22.6 Å². The Balaban J connectivity index is 1.68. The third-order valence-electron chi connectivity index (χ3n) is 4.19. The van der Waals surface area contributed by atoms with Crippen molar-refractivity contribution < 1.29 is 19.0 Å². The smallest absolute Gasteiger partial charge is 0.185 e. The van der Waals surface area contributed by atoms with Crippen molar-refractivity contribution in [3.05, 3.63) is 77.9 Å². The average molecular weight is 362 g/mol. The monoisotopic (exact) mass is 362 g/mol. The molecule has 0 fully saturated rings. The summed E-state index contributed by atoms with van der Waals surface area (Å²) in [7, 11) is 3.28. The van der Waals surface area contributed by atoms with E-state index in [1.165, 1.54) is 0 Å². The number of methoxy groups -OCH3 is 2. The quantitative estimate of drug-likeness (QED) is 0.329. The lowest BCUT2D eigenvalue weighted by molar-refractivity contribution is 0.104. The molecule has 0 aliphatic heterocycles. The van der Waals surface area contributed by atoms with E-state index < -0.39 is 0 Å². The lowest BCUT2D eigenvalue weighted by Crippen LogP contribution is -2.04. The van der Waals surface area contributed by atoms with Crippen LogP contribution >= 0.6 is 0 Å². The molecule has 4 nitrogen and oxygen atoms in total. The first-order chi connectivity index (χ1) is 13.2. The van der Waals surface area contributed by atoms with E-state index in [1.807, 2.05) is 42.5 Å². The molecule has 0 bridgehead atoms. The van der Waals surface area contributed by atoms with Crippen LogP contribution in [-0.2, 0) is 4.74 Å². The van der Waals surface area contributed by atoms with Gasteiger partial charge in [-0.2, -0.15) is 0 Å². The van der Waals surface area contributed by atoms with E-state index in [1.54, 1.807) is 44.6 Å². The molecule has 0 spiro atoms. The number of allylic oxidation sites excluding steroid dienone is 1. The molecule has 0 N–H and O–H groups in total. The summed E-state index contributed by atoms with van der Waals surface area (Å²) < 4.78 is 15.7. The lowest BCUT2D eigenvalue weighted by atomic mass is 10.0. The Morgan fingerprint density at radius 2 is 1.56 bits per heavy atom. The van der Waals surface area contributed by atoms with Crippen LogP contribution in [0.1, 0.15) is 15.9 Å². The van der Waals surface area contributed by atoms with Crippen molar-refractivity contribution in [1.82, 2.24) is 0 Å². The minimum absolute atomic E-state index is 0.0479. The summed E-state index contributed by atoms with van der Waals surface area (Å²) in [5, 5.41) is 2.20. The van der Waals surface area contributed by atoms with Gasteiger partial charge in [0.05, 0.1) is 13.7 Å². The average Bonchev–Trinajstić information content (AvgIpc) is 2.72. The molecule has 3 aromatic carbocycles. The molecule has 0 aromatic heterocycles. The van der Waals surface area contributed by atoms with Gasteiger partial charge in [0, 0.05) is 12.7 Å². The van der Waals surface area contributed by atoms with Crippen LogP contribution in [0.3, 0.4) is 0 Å². The second kappa shape index (κ2) is 9.01. The van der Waals surface area contributed by atoms with Crippen molar-refractivity contribution in [2.24, 2.45) is 0 Å². The zero-order valence-corrected chi connectivity index (χ0v) is 15.5. The van der Waals surface area contributed by atoms with Crippen molar-refractivity contribution in [2.75, 3.05) is 27.4 Å². The number of hydrogen-bond acceptors (Lipinski definition) is 4. The van der Waals surface area contributed by atoms with Gasteiger partial charge in [0.1, 0.15) is 18.1 Å². The molecule has 0 amide bonds. The molecular formula is C23H22O4. The van der Waals surface area contributed by atoms with Crippen molar-refractivity contribution in [1.29, 1.82) is 0 Å². The fourth-order valence-electron chi connectivity index (χ4n) is 2.70. The molecule has 27 heavy (non-hydrogen) atoms. The fourth-order valence-corrected chi connectivity index (χ4v) is 2.70. The Bertz CT molecular complexity index is 942. The van der Waals surface area contributed by atoms with E-state index >= 15 is 0 Å². The molecule has 0 atom stereocenters. The van der Waals surface area contributed by atoms with Gasteiger partial charge in [0.2, 0.25) is 0 Å². The molecule has 0 radical (unpaired) electrons. The highest BCUT2D eigenvalue weighted by Crippen LogP contribution is 2.22. The second-order valence-corrected chi connectivity index (χ2v) is 6.04. The second-order valence-electron chi connectivity index (χ2n) is 6.04. The predicted octanol–water partition coefficient (Wildman–Crippen LogP) is 4.77. The molecular weight excluding hydrogens is 340 g/mol. The predicted molar refractivity (Wildman–Crippen MR) is 108 cm³/mol. The molecule has 0 aliphatic carbocycles. The van der Waals surface area contributed by atoms with Gasteiger partial charge in [-0.05, 0) is 64.9 Å². The number of carbonyl (C=O) groups is 1. The van der Waals surface area contributed by atoms with Gasteiger partial charge in [0.25, 0.3) is 0 Å². The molecule has 138 valence electrons. The summed E-state index contributed by atoms with van der Waals surface area (Å²) in [6.45, 7) is 1.01. The number of benzene rings is 3. The Morgan fingerprint density at radius 3 is 2.30 bits per heavy atom. The fraction of sp³-hybridized carbons (Fsp3) is 0.174. The topological polar surface area (TPSA) is 44.8 Å². The minimum Gasteiger partial charge on any atom is -0.497 e. The maximum absolute atomic E-state index is 12.4. The SMILES string of the molecule is COCCOc1ccc(C(=O)/C=C/c2ccc3cc(OC)ccc3c2)cc1. The molecule has 4 heteroatoms. The molecule has 0 aliphatic rings. The molecule has 0 unspecified atom stereocenters. The highest BCUT2D eigenvalue weighted by Gasteiger charge is 2.03. The van der Waals surface area contributed by atoms with Gasteiger partial charge in [-0.3, -0.25) is 4.79 Å². The lowest BCUT2D eigenvalue weighted by Gasteiger charge is -2.05. The maximum atomic E-state index is 12.4. The van der Waals surface area contributed by atoms with Crippen LogP contribution in [0.2, 0.25) is 0 Å². The number of carbonyl (C=O) groups excluding carboxylic acids is 1. The summed E-state index contributed by atoms with van der Waals surface area (Å²) in [5.41, 5.74) is 1.59. The Labute approximate surface area is 159 Å². The van der Waals surface area contributed by atoms with Gasteiger partial charge in [0.15, 0.2) is 5.78 Å². The van der Waals surface area contributed by atoms with Gasteiger partial charge in [-0.15, -0.1) is 0 Å². The van der Waals surface area contributed by atoms with Crippen molar-refractivity contribution in [3.8, 4) is 11.5 Å². The molecule has 0 heterocycles. The van der Waals surface area contributed by atoms with E-state index in [9.17, 15) is 4.79 Å². The van der Waals surface area contributed by atoms with E-state index in [4.69, 9.17) is 14.2 Å². The number of fused-ring (bicyclic) bond motifs is 1. The summed E-state index contributed by atoms with van der Waals surface area (Å²) in [6, 6.07) is 19.1. The first-order valence-corrected chi connectivity index (χ1v) is 8.71. The first-order valence-electron chi connectivity index (χ1n) is 8.71. The summed E-state index contributed by atoms with van der Waals surface area (Å²) in [5.74, 6) is 1.50. The van der Waals surface area contributed by atoms with Crippen molar-refractivity contribution in [3.63, 3.8) is 0 Å². The Kier molecular flexibility index (Phi) is 6.23. The number of ketones is 1. The maximum Gasteiger partial charge on any atom is 0.185 e. The third-order valence-corrected chi connectivity index (χ3v) is 4.19. The Hall–Kier alpha value is -3.11. The van der Waals surface area contributed by atoms with Crippen LogP contribution in [-0.4, -0.2) is 33.2 Å². The number of hydrogen-bond donors (Lipinski definition) is 0. The van der Waals surface area contributed by atoms with Gasteiger partial charge in [-0.25, -0.2) is 0 Å². The third kappa shape index (κ3) is 4.96. The summed E-state index contributed by atoms with van der Waals surface area (Å²) in [6.07, 6.45) is 3.42. The van der Waals surface area contributed by atoms with E-state index in [0.717, 1.165) is 27.8 Å². The summed E-state index contributed by atoms with van der Waals surface area (Å²) >= 11 is 0. The van der Waals surface area contributed by atoms with Gasteiger partial charge < -0.3 is 14.2 Å².